The van der Waals surface area contributed by atoms with E-state index < -0.39 is 0 Å². The van der Waals surface area contributed by atoms with E-state index >= 15 is 0 Å². The molecular weight excluding hydrogens is 242 g/mol. The van der Waals surface area contributed by atoms with Crippen LogP contribution in [0.5, 0.6) is 0 Å². The largest absolute Gasteiger partial charge is 0.379 e. The molecule has 2 aliphatic heterocycles. The second-order valence-electron chi connectivity index (χ2n) is 5.12. The second kappa shape index (κ2) is 8.30. The maximum Gasteiger partial charge on any atom is 0.241 e. The molecule has 1 amide bonds. The summed E-state index contributed by atoms with van der Waals surface area (Å²) in [5.74, 6) is 0.0990. The Morgan fingerprint density at radius 2 is 2.16 bits per heavy atom. The number of nitrogens with one attached hydrogen (secondary N) is 2. The number of unbranched alkanes of at least 4 members (excludes halogenated alkanes) is 2. The zero-order valence-corrected chi connectivity index (χ0v) is 11.6. The molecule has 0 aliphatic carbocycles. The van der Waals surface area contributed by atoms with E-state index in [9.17, 15) is 4.79 Å². The molecule has 0 spiro atoms. The Labute approximate surface area is 115 Å². The SMILES string of the molecule is O=C(NCCCCCN1CCOCC1)[C@@H]1C=CCN1. The number of rotatable bonds is 7. The van der Waals surface area contributed by atoms with Crippen molar-refractivity contribution < 1.29 is 9.53 Å². The van der Waals surface area contributed by atoms with Gasteiger partial charge in [-0.3, -0.25) is 15.0 Å². The Balaban J connectivity index is 1.43. The van der Waals surface area contributed by atoms with Crippen molar-refractivity contribution in [3.8, 4) is 0 Å². The van der Waals surface area contributed by atoms with E-state index in [2.05, 4.69) is 15.5 Å². The van der Waals surface area contributed by atoms with E-state index in [0.717, 1.165) is 52.4 Å². The molecule has 0 aromatic heterocycles. The Morgan fingerprint density at radius 3 is 2.89 bits per heavy atom. The third-order valence-electron chi connectivity index (χ3n) is 3.62. The lowest BCUT2D eigenvalue weighted by Crippen LogP contribution is -2.40. The summed E-state index contributed by atoms with van der Waals surface area (Å²) in [4.78, 5) is 14.1. The molecule has 0 unspecified atom stereocenters. The topological polar surface area (TPSA) is 53.6 Å². The molecule has 1 atom stereocenters. The highest BCUT2D eigenvalue weighted by Crippen LogP contribution is 2.02. The number of nitrogens with zero attached hydrogens (tertiary/aromatic N) is 1. The van der Waals surface area contributed by atoms with Crippen molar-refractivity contribution in [2.45, 2.75) is 25.3 Å². The fraction of sp³-hybridized carbons (Fsp3) is 0.786. The minimum Gasteiger partial charge on any atom is -0.379 e. The van der Waals surface area contributed by atoms with Gasteiger partial charge in [-0.25, -0.2) is 0 Å². The van der Waals surface area contributed by atoms with Crippen molar-refractivity contribution in [3.63, 3.8) is 0 Å². The Hall–Kier alpha value is -0.910. The fourth-order valence-corrected chi connectivity index (χ4v) is 2.43. The lowest BCUT2D eigenvalue weighted by Gasteiger charge is -2.26. The molecule has 2 aliphatic rings. The Kier molecular flexibility index (Phi) is 6.33. The Morgan fingerprint density at radius 1 is 1.32 bits per heavy atom. The van der Waals surface area contributed by atoms with Crippen molar-refractivity contribution in [1.29, 1.82) is 0 Å². The number of hydrogen-bond donors (Lipinski definition) is 2. The zero-order valence-electron chi connectivity index (χ0n) is 11.6. The van der Waals surface area contributed by atoms with E-state index in [1.807, 2.05) is 12.2 Å². The molecule has 0 aromatic carbocycles. The highest BCUT2D eigenvalue weighted by Gasteiger charge is 2.16. The van der Waals surface area contributed by atoms with Gasteiger partial charge in [0.25, 0.3) is 0 Å². The van der Waals surface area contributed by atoms with Gasteiger partial charge in [0.1, 0.15) is 6.04 Å². The third kappa shape index (κ3) is 5.30. The summed E-state index contributed by atoms with van der Waals surface area (Å²) in [6.45, 7) is 6.62. The number of amides is 1. The van der Waals surface area contributed by atoms with Gasteiger partial charge >= 0.3 is 0 Å². The summed E-state index contributed by atoms with van der Waals surface area (Å²) in [6.07, 6.45) is 7.36. The van der Waals surface area contributed by atoms with Gasteiger partial charge in [-0.2, -0.15) is 0 Å². The number of morpholine rings is 1. The number of hydrogen-bond acceptors (Lipinski definition) is 4. The van der Waals surface area contributed by atoms with Crippen LogP contribution in [0.3, 0.4) is 0 Å². The van der Waals surface area contributed by atoms with Gasteiger partial charge in [0.05, 0.1) is 13.2 Å². The summed E-state index contributed by atoms with van der Waals surface area (Å²) in [6, 6.07) is -0.117. The van der Waals surface area contributed by atoms with Crippen molar-refractivity contribution >= 4 is 5.91 Å². The van der Waals surface area contributed by atoms with Crippen LogP contribution >= 0.6 is 0 Å². The number of carbonyl (C=O) groups excluding carboxylic acids is 1. The quantitative estimate of drug-likeness (QED) is 0.509. The molecule has 0 bridgehead atoms. The van der Waals surface area contributed by atoms with E-state index in [0.29, 0.717) is 0 Å². The average Bonchev–Trinajstić information content (AvgIpc) is 2.98. The number of carbonyl (C=O) groups is 1. The molecule has 2 heterocycles. The molecule has 1 fully saturated rings. The molecule has 5 nitrogen and oxygen atoms in total. The standard InChI is InChI=1S/C14H25N3O2/c18-14(13-5-4-7-15-13)16-6-2-1-3-8-17-9-11-19-12-10-17/h4-5,13,15H,1-3,6-12H2,(H,16,18)/t13-/m0/s1. The van der Waals surface area contributed by atoms with E-state index in [1.54, 1.807) is 0 Å². The van der Waals surface area contributed by atoms with Gasteiger partial charge < -0.3 is 10.1 Å². The van der Waals surface area contributed by atoms with Crippen LogP contribution in [0.1, 0.15) is 19.3 Å². The van der Waals surface area contributed by atoms with Crippen molar-refractivity contribution in [3.05, 3.63) is 12.2 Å². The van der Waals surface area contributed by atoms with Crippen molar-refractivity contribution in [2.24, 2.45) is 0 Å². The third-order valence-corrected chi connectivity index (χ3v) is 3.62. The predicted molar refractivity (Wildman–Crippen MR) is 75.1 cm³/mol. The Bertz CT molecular complexity index is 301. The molecule has 0 radical (unpaired) electrons. The van der Waals surface area contributed by atoms with Crippen LogP contribution in [0.15, 0.2) is 12.2 Å². The molecular formula is C14H25N3O2. The van der Waals surface area contributed by atoms with Gasteiger partial charge in [0, 0.05) is 26.2 Å². The first-order valence-corrected chi connectivity index (χ1v) is 7.34. The van der Waals surface area contributed by atoms with Crippen LogP contribution in [0, 0.1) is 0 Å². The van der Waals surface area contributed by atoms with Crippen LogP contribution in [0.2, 0.25) is 0 Å². The average molecular weight is 267 g/mol. The van der Waals surface area contributed by atoms with Crippen LogP contribution in [0.4, 0.5) is 0 Å². The molecule has 0 aromatic rings. The molecule has 5 heteroatoms. The van der Waals surface area contributed by atoms with Gasteiger partial charge in [-0.15, -0.1) is 0 Å². The normalized spacial score (nSPS) is 23.7. The lowest BCUT2D eigenvalue weighted by atomic mass is 10.2. The molecule has 108 valence electrons. The van der Waals surface area contributed by atoms with Crippen LogP contribution in [-0.4, -0.2) is 62.8 Å². The first-order chi connectivity index (χ1) is 9.36. The summed E-state index contributed by atoms with van der Waals surface area (Å²) in [5.41, 5.74) is 0. The molecule has 2 rings (SSSR count). The van der Waals surface area contributed by atoms with Crippen molar-refractivity contribution in [1.82, 2.24) is 15.5 Å². The van der Waals surface area contributed by atoms with Gasteiger partial charge in [-0.1, -0.05) is 18.6 Å². The smallest absolute Gasteiger partial charge is 0.241 e. The molecule has 19 heavy (non-hydrogen) atoms. The summed E-state index contributed by atoms with van der Waals surface area (Å²) in [5, 5.41) is 6.09. The molecule has 0 saturated carbocycles. The fourth-order valence-electron chi connectivity index (χ4n) is 2.43. The highest BCUT2D eigenvalue weighted by molar-refractivity contribution is 5.84. The second-order valence-corrected chi connectivity index (χ2v) is 5.12. The van der Waals surface area contributed by atoms with Crippen LogP contribution in [0.25, 0.3) is 0 Å². The summed E-state index contributed by atoms with van der Waals surface area (Å²) >= 11 is 0. The summed E-state index contributed by atoms with van der Waals surface area (Å²) < 4.78 is 5.32. The van der Waals surface area contributed by atoms with Gasteiger partial charge in [0.15, 0.2) is 0 Å². The van der Waals surface area contributed by atoms with E-state index in [1.165, 1.54) is 12.8 Å². The maximum absolute atomic E-state index is 11.7. The predicted octanol–water partition coefficient (Wildman–Crippen LogP) is 0.133. The number of ether oxygens (including phenoxy) is 1. The monoisotopic (exact) mass is 267 g/mol. The van der Waals surface area contributed by atoms with Crippen LogP contribution < -0.4 is 10.6 Å². The zero-order chi connectivity index (χ0) is 13.3. The van der Waals surface area contributed by atoms with E-state index in [-0.39, 0.29) is 11.9 Å². The minimum atomic E-state index is -0.117. The molecule has 2 N–H and O–H groups in total. The lowest BCUT2D eigenvalue weighted by molar-refractivity contribution is -0.121. The first-order valence-electron chi connectivity index (χ1n) is 7.34. The molecule has 1 saturated heterocycles. The van der Waals surface area contributed by atoms with E-state index in [4.69, 9.17) is 4.74 Å². The summed E-state index contributed by atoms with van der Waals surface area (Å²) in [7, 11) is 0. The highest BCUT2D eigenvalue weighted by atomic mass is 16.5. The maximum atomic E-state index is 11.7. The minimum absolute atomic E-state index is 0.0990. The van der Waals surface area contributed by atoms with Crippen LogP contribution in [-0.2, 0) is 9.53 Å². The van der Waals surface area contributed by atoms with Gasteiger partial charge in [0.2, 0.25) is 5.91 Å². The first kappa shape index (κ1) is 14.5. The van der Waals surface area contributed by atoms with Gasteiger partial charge in [-0.05, 0) is 19.4 Å². The van der Waals surface area contributed by atoms with Crippen molar-refractivity contribution in [2.75, 3.05) is 45.9 Å².